The number of nitrogens with one attached hydrogen (secondary N) is 2. The van der Waals surface area contributed by atoms with E-state index in [0.717, 1.165) is 6.42 Å². The molecule has 1 aromatic carbocycles. The van der Waals surface area contributed by atoms with E-state index in [1.54, 1.807) is 13.0 Å². The van der Waals surface area contributed by atoms with E-state index in [2.05, 4.69) is 26.6 Å². The predicted octanol–water partition coefficient (Wildman–Crippen LogP) is 2.23. The fraction of sp³-hybridized carbons (Fsp3) is 0.385. The summed E-state index contributed by atoms with van der Waals surface area (Å²) in [7, 11) is 0. The minimum atomic E-state index is -0.711. The molecule has 1 rings (SSSR count). The van der Waals surface area contributed by atoms with E-state index in [9.17, 15) is 14.0 Å². The molecule has 2 N–H and O–H groups in total. The molecule has 0 radical (unpaired) electrons. The molecular formula is C13H16BrFN2O2. The van der Waals surface area contributed by atoms with Gasteiger partial charge in [-0.1, -0.05) is 13.0 Å². The molecule has 0 aliphatic carbocycles. The fourth-order valence-electron chi connectivity index (χ4n) is 1.42. The van der Waals surface area contributed by atoms with Crippen LogP contribution in [0.2, 0.25) is 0 Å². The lowest BCUT2D eigenvalue weighted by molar-refractivity contribution is -0.122. The van der Waals surface area contributed by atoms with Crippen LogP contribution in [0.25, 0.3) is 0 Å². The second-order valence-corrected chi connectivity index (χ2v) is 4.94. The van der Waals surface area contributed by atoms with Gasteiger partial charge < -0.3 is 10.6 Å². The SMILES string of the molecule is CCCNC(=O)C(C)NC(=O)c1cccc(Br)c1F. The zero-order valence-electron chi connectivity index (χ0n) is 10.8. The average Bonchev–Trinajstić information content (AvgIpc) is 2.38. The van der Waals surface area contributed by atoms with Crippen LogP contribution in [0.4, 0.5) is 4.39 Å². The van der Waals surface area contributed by atoms with Crippen LogP contribution >= 0.6 is 15.9 Å². The monoisotopic (exact) mass is 330 g/mol. The van der Waals surface area contributed by atoms with Gasteiger partial charge in [0.1, 0.15) is 11.9 Å². The third-order valence-corrected chi connectivity index (χ3v) is 3.10. The van der Waals surface area contributed by atoms with Crippen molar-refractivity contribution in [1.29, 1.82) is 0 Å². The average molecular weight is 331 g/mol. The highest BCUT2D eigenvalue weighted by molar-refractivity contribution is 9.10. The summed E-state index contributed by atoms with van der Waals surface area (Å²) in [5.74, 6) is -1.54. The first-order valence-corrected chi connectivity index (χ1v) is 6.79. The third-order valence-electron chi connectivity index (χ3n) is 2.49. The molecule has 1 atom stereocenters. The molecule has 0 fully saturated rings. The molecule has 0 aliphatic rings. The van der Waals surface area contributed by atoms with Gasteiger partial charge in [-0.05, 0) is 41.4 Å². The van der Waals surface area contributed by atoms with Gasteiger partial charge in [0.2, 0.25) is 5.91 Å². The summed E-state index contributed by atoms with van der Waals surface area (Å²) in [5.41, 5.74) is -0.0930. The zero-order chi connectivity index (χ0) is 14.4. The summed E-state index contributed by atoms with van der Waals surface area (Å²) in [6.07, 6.45) is 0.812. The lowest BCUT2D eigenvalue weighted by Gasteiger charge is -2.14. The van der Waals surface area contributed by atoms with Crippen molar-refractivity contribution in [3.05, 3.63) is 34.1 Å². The Labute approximate surface area is 119 Å². The Morgan fingerprint density at radius 3 is 2.74 bits per heavy atom. The van der Waals surface area contributed by atoms with Gasteiger partial charge >= 0.3 is 0 Å². The Kier molecular flexibility index (Phi) is 5.95. The van der Waals surface area contributed by atoms with Gasteiger partial charge in [-0.25, -0.2) is 4.39 Å². The number of carbonyl (C=O) groups excluding carboxylic acids is 2. The number of amides is 2. The molecule has 19 heavy (non-hydrogen) atoms. The van der Waals surface area contributed by atoms with E-state index in [-0.39, 0.29) is 15.9 Å². The summed E-state index contributed by atoms with van der Waals surface area (Å²) >= 11 is 3.01. The van der Waals surface area contributed by atoms with Gasteiger partial charge in [-0.15, -0.1) is 0 Å². The first-order chi connectivity index (χ1) is 8.97. The largest absolute Gasteiger partial charge is 0.354 e. The van der Waals surface area contributed by atoms with Crippen molar-refractivity contribution in [3.8, 4) is 0 Å². The molecule has 0 aromatic heterocycles. The first kappa shape index (κ1) is 15.6. The van der Waals surface area contributed by atoms with Crippen LogP contribution in [0.15, 0.2) is 22.7 Å². The van der Waals surface area contributed by atoms with Crippen molar-refractivity contribution in [3.63, 3.8) is 0 Å². The highest BCUT2D eigenvalue weighted by Gasteiger charge is 2.19. The molecule has 104 valence electrons. The first-order valence-electron chi connectivity index (χ1n) is 6.00. The number of halogens is 2. The highest BCUT2D eigenvalue weighted by atomic mass is 79.9. The van der Waals surface area contributed by atoms with Crippen molar-refractivity contribution in [2.24, 2.45) is 0 Å². The van der Waals surface area contributed by atoms with Gasteiger partial charge in [0.05, 0.1) is 10.0 Å². The molecule has 0 saturated heterocycles. The van der Waals surface area contributed by atoms with Crippen LogP contribution in [0, 0.1) is 5.82 Å². The molecule has 0 heterocycles. The van der Waals surface area contributed by atoms with E-state index in [1.165, 1.54) is 12.1 Å². The number of rotatable bonds is 5. The fourth-order valence-corrected chi connectivity index (χ4v) is 1.79. The maximum atomic E-state index is 13.7. The van der Waals surface area contributed by atoms with Gasteiger partial charge in [0.15, 0.2) is 0 Å². The molecule has 0 bridgehead atoms. The van der Waals surface area contributed by atoms with E-state index in [0.29, 0.717) is 6.54 Å². The molecule has 0 spiro atoms. The van der Waals surface area contributed by atoms with Crippen molar-refractivity contribution >= 4 is 27.7 Å². The maximum absolute atomic E-state index is 13.7. The van der Waals surface area contributed by atoms with Gasteiger partial charge in [0, 0.05) is 6.54 Å². The van der Waals surface area contributed by atoms with Crippen molar-refractivity contribution in [2.75, 3.05) is 6.54 Å². The Morgan fingerprint density at radius 1 is 1.42 bits per heavy atom. The van der Waals surface area contributed by atoms with Crippen molar-refractivity contribution in [1.82, 2.24) is 10.6 Å². The topological polar surface area (TPSA) is 58.2 Å². The van der Waals surface area contributed by atoms with Gasteiger partial charge in [0.25, 0.3) is 5.91 Å². The van der Waals surface area contributed by atoms with Crippen LogP contribution in [0.3, 0.4) is 0 Å². The third kappa shape index (κ3) is 4.31. The summed E-state index contributed by atoms with van der Waals surface area (Å²) in [6, 6.07) is 3.72. The van der Waals surface area contributed by atoms with E-state index < -0.39 is 17.8 Å². The highest BCUT2D eigenvalue weighted by Crippen LogP contribution is 2.18. The summed E-state index contributed by atoms with van der Waals surface area (Å²) < 4.78 is 13.9. The Morgan fingerprint density at radius 2 is 2.11 bits per heavy atom. The molecule has 6 heteroatoms. The summed E-state index contributed by atoms with van der Waals surface area (Å²) in [4.78, 5) is 23.4. The standard InChI is InChI=1S/C13H16BrFN2O2/c1-3-7-16-12(18)8(2)17-13(19)9-5-4-6-10(14)11(9)15/h4-6,8H,3,7H2,1-2H3,(H,16,18)(H,17,19). The summed E-state index contributed by atoms with van der Waals surface area (Å²) in [6.45, 7) is 4.03. The Bertz CT molecular complexity index is 480. The second-order valence-electron chi connectivity index (χ2n) is 4.09. The minimum absolute atomic E-state index is 0.0930. The molecule has 4 nitrogen and oxygen atoms in total. The van der Waals surface area contributed by atoms with Crippen LogP contribution in [-0.4, -0.2) is 24.4 Å². The summed E-state index contributed by atoms with van der Waals surface area (Å²) in [5, 5.41) is 5.12. The Balaban J connectivity index is 2.69. The van der Waals surface area contributed by atoms with Crippen LogP contribution in [0.5, 0.6) is 0 Å². The number of benzene rings is 1. The Hall–Kier alpha value is -1.43. The zero-order valence-corrected chi connectivity index (χ0v) is 12.4. The molecule has 0 saturated carbocycles. The molecule has 2 amide bonds. The number of hydrogen-bond donors (Lipinski definition) is 2. The molecule has 1 aromatic rings. The molecular weight excluding hydrogens is 315 g/mol. The van der Waals surface area contributed by atoms with Gasteiger partial charge in [-0.3, -0.25) is 9.59 Å². The maximum Gasteiger partial charge on any atom is 0.254 e. The van der Waals surface area contributed by atoms with Crippen LogP contribution in [0.1, 0.15) is 30.6 Å². The quantitative estimate of drug-likeness (QED) is 0.869. The molecule has 1 unspecified atom stereocenters. The number of hydrogen-bond acceptors (Lipinski definition) is 2. The number of carbonyl (C=O) groups is 2. The predicted molar refractivity (Wildman–Crippen MR) is 74.3 cm³/mol. The van der Waals surface area contributed by atoms with Crippen LogP contribution in [-0.2, 0) is 4.79 Å². The van der Waals surface area contributed by atoms with E-state index in [1.807, 2.05) is 6.92 Å². The lowest BCUT2D eigenvalue weighted by Crippen LogP contribution is -2.45. The van der Waals surface area contributed by atoms with Crippen LogP contribution < -0.4 is 10.6 Å². The van der Waals surface area contributed by atoms with E-state index >= 15 is 0 Å². The molecule has 0 aliphatic heterocycles. The minimum Gasteiger partial charge on any atom is -0.354 e. The van der Waals surface area contributed by atoms with Crippen molar-refractivity contribution < 1.29 is 14.0 Å². The normalized spacial score (nSPS) is 11.8. The van der Waals surface area contributed by atoms with Crippen molar-refractivity contribution in [2.45, 2.75) is 26.3 Å². The lowest BCUT2D eigenvalue weighted by atomic mass is 10.2. The second kappa shape index (κ2) is 7.23. The smallest absolute Gasteiger partial charge is 0.254 e. The van der Waals surface area contributed by atoms with Gasteiger partial charge in [-0.2, -0.15) is 0 Å². The van der Waals surface area contributed by atoms with E-state index in [4.69, 9.17) is 0 Å².